The van der Waals surface area contributed by atoms with Crippen LogP contribution in [0, 0.1) is 0 Å². The van der Waals surface area contributed by atoms with Crippen molar-refractivity contribution >= 4 is 15.9 Å². The highest BCUT2D eigenvalue weighted by Gasteiger charge is 2.30. The first kappa shape index (κ1) is 17.4. The topological polar surface area (TPSA) is 57.7 Å². The lowest BCUT2D eigenvalue weighted by molar-refractivity contribution is -0.131. The highest BCUT2D eigenvalue weighted by Crippen LogP contribution is 2.18. The van der Waals surface area contributed by atoms with Crippen LogP contribution in [0.1, 0.15) is 52.9 Å². The van der Waals surface area contributed by atoms with Gasteiger partial charge >= 0.3 is 0 Å². The van der Waals surface area contributed by atoms with E-state index in [2.05, 4.69) is 0 Å². The Morgan fingerprint density at radius 1 is 1.10 bits per heavy atom. The highest BCUT2D eigenvalue weighted by molar-refractivity contribution is 7.88. The standard InChI is InChI=1S/C14H28N2O3S/c1-14(2,3)16(20(4,18)19)12-9-13(17)15-10-7-5-6-8-11-15/h5-12H2,1-4H3. The van der Waals surface area contributed by atoms with Crippen LogP contribution in [0.3, 0.4) is 0 Å². The summed E-state index contributed by atoms with van der Waals surface area (Å²) in [6.45, 7) is 7.44. The number of carbonyl (C=O) groups is 1. The Hall–Kier alpha value is -0.620. The first-order chi connectivity index (χ1) is 9.12. The van der Waals surface area contributed by atoms with Crippen LogP contribution in [-0.2, 0) is 14.8 Å². The predicted octanol–water partition coefficient (Wildman–Crippen LogP) is 1.84. The fourth-order valence-electron chi connectivity index (χ4n) is 2.67. The van der Waals surface area contributed by atoms with Crippen molar-refractivity contribution in [1.82, 2.24) is 9.21 Å². The van der Waals surface area contributed by atoms with Crippen molar-refractivity contribution in [3.8, 4) is 0 Å². The molecule has 1 aliphatic heterocycles. The molecule has 1 rings (SSSR count). The van der Waals surface area contributed by atoms with Gasteiger partial charge in [-0.1, -0.05) is 12.8 Å². The summed E-state index contributed by atoms with van der Waals surface area (Å²) in [5, 5.41) is 0. The minimum absolute atomic E-state index is 0.0739. The van der Waals surface area contributed by atoms with Crippen molar-refractivity contribution in [3.05, 3.63) is 0 Å². The summed E-state index contributed by atoms with van der Waals surface area (Å²) >= 11 is 0. The average Bonchev–Trinajstić information content (AvgIpc) is 2.53. The molecule has 5 nitrogen and oxygen atoms in total. The largest absolute Gasteiger partial charge is 0.343 e. The van der Waals surface area contributed by atoms with Crippen LogP contribution < -0.4 is 0 Å². The van der Waals surface area contributed by atoms with Gasteiger partial charge in [0.05, 0.1) is 6.26 Å². The molecular formula is C14H28N2O3S. The number of sulfonamides is 1. The number of likely N-dealkylation sites (tertiary alicyclic amines) is 1. The van der Waals surface area contributed by atoms with E-state index in [0.717, 1.165) is 25.9 Å². The second-order valence-electron chi connectivity index (χ2n) is 6.55. The van der Waals surface area contributed by atoms with Crippen LogP contribution in [0.4, 0.5) is 0 Å². The van der Waals surface area contributed by atoms with Gasteiger partial charge in [-0.2, -0.15) is 4.31 Å². The average molecular weight is 304 g/mol. The van der Waals surface area contributed by atoms with Crippen LogP contribution in [0.2, 0.25) is 0 Å². The molecule has 0 spiro atoms. The van der Waals surface area contributed by atoms with Gasteiger partial charge in [0.25, 0.3) is 0 Å². The molecule has 1 saturated heterocycles. The van der Waals surface area contributed by atoms with Gasteiger partial charge in [0.1, 0.15) is 0 Å². The van der Waals surface area contributed by atoms with E-state index >= 15 is 0 Å². The number of carbonyl (C=O) groups excluding carboxylic acids is 1. The molecule has 1 fully saturated rings. The Balaban J connectivity index is 2.61. The van der Waals surface area contributed by atoms with Crippen molar-refractivity contribution in [2.24, 2.45) is 0 Å². The molecular weight excluding hydrogens is 276 g/mol. The molecule has 1 amide bonds. The third-order valence-corrected chi connectivity index (χ3v) is 5.17. The van der Waals surface area contributed by atoms with Gasteiger partial charge in [0.15, 0.2) is 0 Å². The van der Waals surface area contributed by atoms with Crippen molar-refractivity contribution in [2.45, 2.75) is 58.4 Å². The molecule has 0 aliphatic carbocycles. The molecule has 0 N–H and O–H groups in total. The lowest BCUT2D eigenvalue weighted by atomic mass is 10.1. The fraction of sp³-hybridized carbons (Fsp3) is 0.929. The maximum atomic E-state index is 12.2. The molecule has 0 atom stereocenters. The third-order valence-electron chi connectivity index (χ3n) is 3.64. The van der Waals surface area contributed by atoms with E-state index < -0.39 is 15.6 Å². The van der Waals surface area contributed by atoms with Gasteiger partial charge in [-0.05, 0) is 33.6 Å². The molecule has 0 aromatic rings. The second-order valence-corrected chi connectivity index (χ2v) is 8.46. The minimum Gasteiger partial charge on any atom is -0.343 e. The summed E-state index contributed by atoms with van der Waals surface area (Å²) in [4.78, 5) is 14.1. The molecule has 0 radical (unpaired) electrons. The molecule has 0 aromatic heterocycles. The van der Waals surface area contributed by atoms with Crippen molar-refractivity contribution in [2.75, 3.05) is 25.9 Å². The lowest BCUT2D eigenvalue weighted by Crippen LogP contribution is -2.47. The first-order valence-electron chi connectivity index (χ1n) is 7.38. The quantitative estimate of drug-likeness (QED) is 0.796. The normalized spacial score (nSPS) is 18.1. The lowest BCUT2D eigenvalue weighted by Gasteiger charge is -2.33. The van der Waals surface area contributed by atoms with Gasteiger partial charge < -0.3 is 4.90 Å². The second kappa shape index (κ2) is 6.89. The Morgan fingerprint density at radius 2 is 1.60 bits per heavy atom. The van der Waals surface area contributed by atoms with Crippen LogP contribution >= 0.6 is 0 Å². The van der Waals surface area contributed by atoms with E-state index in [0.29, 0.717) is 0 Å². The number of rotatable bonds is 4. The maximum absolute atomic E-state index is 12.2. The SMILES string of the molecule is CC(C)(C)N(CCC(=O)N1CCCCCC1)S(C)(=O)=O. The fourth-order valence-corrected chi connectivity index (χ4v) is 4.09. The van der Waals surface area contributed by atoms with E-state index in [1.165, 1.54) is 23.4 Å². The molecule has 20 heavy (non-hydrogen) atoms. The van der Waals surface area contributed by atoms with Gasteiger partial charge in [-0.25, -0.2) is 8.42 Å². The Labute approximate surface area is 123 Å². The van der Waals surface area contributed by atoms with E-state index in [1.807, 2.05) is 25.7 Å². The number of amides is 1. The van der Waals surface area contributed by atoms with Crippen LogP contribution in [0.5, 0.6) is 0 Å². The molecule has 0 unspecified atom stereocenters. The molecule has 0 aromatic carbocycles. The van der Waals surface area contributed by atoms with Gasteiger partial charge in [0.2, 0.25) is 15.9 Å². The summed E-state index contributed by atoms with van der Waals surface area (Å²) in [6, 6.07) is 0. The number of hydrogen-bond donors (Lipinski definition) is 0. The van der Waals surface area contributed by atoms with Crippen molar-refractivity contribution in [1.29, 1.82) is 0 Å². The Kier molecular flexibility index (Phi) is 6.01. The first-order valence-corrected chi connectivity index (χ1v) is 9.23. The zero-order valence-corrected chi connectivity index (χ0v) is 14.0. The summed E-state index contributed by atoms with van der Waals surface area (Å²) in [6.07, 6.45) is 5.95. The zero-order valence-electron chi connectivity index (χ0n) is 13.2. The van der Waals surface area contributed by atoms with Crippen LogP contribution in [-0.4, -0.2) is 55.0 Å². The molecule has 1 heterocycles. The molecule has 118 valence electrons. The van der Waals surface area contributed by atoms with Gasteiger partial charge in [-0.15, -0.1) is 0 Å². The van der Waals surface area contributed by atoms with E-state index in [4.69, 9.17) is 0 Å². The predicted molar refractivity (Wildman–Crippen MR) is 81.0 cm³/mol. The number of hydrogen-bond acceptors (Lipinski definition) is 3. The van der Waals surface area contributed by atoms with Crippen molar-refractivity contribution < 1.29 is 13.2 Å². The molecule has 0 bridgehead atoms. The highest BCUT2D eigenvalue weighted by atomic mass is 32.2. The summed E-state index contributed by atoms with van der Waals surface area (Å²) in [5.41, 5.74) is -0.493. The van der Waals surface area contributed by atoms with Crippen LogP contribution in [0.15, 0.2) is 0 Å². The van der Waals surface area contributed by atoms with Crippen molar-refractivity contribution in [3.63, 3.8) is 0 Å². The summed E-state index contributed by atoms with van der Waals surface area (Å²) in [7, 11) is -3.29. The maximum Gasteiger partial charge on any atom is 0.223 e. The van der Waals surface area contributed by atoms with Crippen LogP contribution in [0.25, 0.3) is 0 Å². The van der Waals surface area contributed by atoms with E-state index in [9.17, 15) is 13.2 Å². The van der Waals surface area contributed by atoms with E-state index in [-0.39, 0.29) is 18.9 Å². The molecule has 6 heteroatoms. The van der Waals surface area contributed by atoms with Gasteiger partial charge in [0, 0.05) is 31.6 Å². The Bertz CT molecular complexity index is 418. The minimum atomic E-state index is -3.29. The van der Waals surface area contributed by atoms with E-state index in [1.54, 1.807) is 0 Å². The van der Waals surface area contributed by atoms with Gasteiger partial charge in [-0.3, -0.25) is 4.79 Å². The Morgan fingerprint density at radius 3 is 2.00 bits per heavy atom. The zero-order chi connectivity index (χ0) is 15.4. The molecule has 1 aliphatic rings. The summed E-state index contributed by atoms with van der Waals surface area (Å²) < 4.78 is 25.1. The monoisotopic (exact) mass is 304 g/mol. The molecule has 0 saturated carbocycles. The smallest absolute Gasteiger partial charge is 0.223 e. The third kappa shape index (κ3) is 5.40. The number of nitrogens with zero attached hydrogens (tertiary/aromatic N) is 2. The summed E-state index contributed by atoms with van der Waals surface area (Å²) in [5.74, 6) is 0.0739.